The number of imidazole rings is 1. The number of hydrogen-bond acceptors (Lipinski definition) is 5. The second kappa shape index (κ2) is 5.07. The van der Waals surface area contributed by atoms with Gasteiger partial charge in [0.2, 0.25) is 0 Å². The molecule has 7 nitrogen and oxygen atoms in total. The van der Waals surface area contributed by atoms with E-state index >= 15 is 0 Å². The van der Waals surface area contributed by atoms with Crippen molar-refractivity contribution in [2.75, 3.05) is 6.54 Å². The zero-order chi connectivity index (χ0) is 16.0. The maximum absolute atomic E-state index is 12.7. The van der Waals surface area contributed by atoms with Gasteiger partial charge < -0.3 is 9.88 Å². The van der Waals surface area contributed by atoms with Crippen LogP contribution in [-0.4, -0.2) is 31.7 Å². The van der Waals surface area contributed by atoms with Crippen molar-refractivity contribution in [2.45, 2.75) is 13.0 Å². The monoisotopic (exact) mass is 325 g/mol. The Labute approximate surface area is 134 Å². The number of thiazole rings is 1. The molecule has 0 unspecified atom stereocenters. The lowest BCUT2D eigenvalue weighted by molar-refractivity contribution is 0.0738. The van der Waals surface area contributed by atoms with Crippen molar-refractivity contribution in [1.82, 2.24) is 19.3 Å². The summed E-state index contributed by atoms with van der Waals surface area (Å²) in [7, 11) is 0. The van der Waals surface area contributed by atoms with Gasteiger partial charge in [-0.1, -0.05) is 11.3 Å². The van der Waals surface area contributed by atoms with Gasteiger partial charge in [-0.15, -0.1) is 0 Å². The van der Waals surface area contributed by atoms with Crippen LogP contribution in [0.1, 0.15) is 26.5 Å². The molecule has 0 fully saturated rings. The molecule has 0 atom stereocenters. The second-order valence-electron chi connectivity index (χ2n) is 5.32. The van der Waals surface area contributed by atoms with E-state index in [2.05, 4.69) is 9.97 Å². The smallest absolute Gasteiger partial charge is 0.266 e. The Hall–Kier alpha value is -2.92. The number of nitrogens with zero attached hydrogens (tertiary/aromatic N) is 4. The predicted octanol–water partition coefficient (Wildman–Crippen LogP) is 1.15. The van der Waals surface area contributed by atoms with E-state index in [4.69, 9.17) is 5.26 Å². The van der Waals surface area contributed by atoms with Gasteiger partial charge in [0.25, 0.3) is 11.5 Å². The molecule has 23 heavy (non-hydrogen) atoms. The standard InChI is InChI=1S/C15H11N5O2S/c16-6-9-5-10-7-19(3-1-11(10)18-13(9)21)14(22)12-8-20-4-2-17-15(20)23-12/h2,4-5,8H,1,3,7H2,(H,18,21). The van der Waals surface area contributed by atoms with Gasteiger partial charge in [0.15, 0.2) is 4.96 Å². The van der Waals surface area contributed by atoms with Gasteiger partial charge in [-0.3, -0.25) is 14.0 Å². The topological polar surface area (TPSA) is 94.3 Å². The van der Waals surface area contributed by atoms with Gasteiger partial charge in [-0.05, 0) is 11.6 Å². The number of nitriles is 1. The lowest BCUT2D eigenvalue weighted by atomic mass is 10.0. The number of aromatic amines is 1. The van der Waals surface area contributed by atoms with Gasteiger partial charge >= 0.3 is 0 Å². The van der Waals surface area contributed by atoms with Gasteiger partial charge in [-0.2, -0.15) is 5.26 Å². The highest BCUT2D eigenvalue weighted by atomic mass is 32.1. The number of carbonyl (C=O) groups excluding carboxylic acids is 1. The third-order valence-electron chi connectivity index (χ3n) is 3.92. The molecule has 0 saturated heterocycles. The Morgan fingerprint density at radius 2 is 2.35 bits per heavy atom. The Bertz CT molecular complexity index is 994. The largest absolute Gasteiger partial charge is 0.333 e. The second-order valence-corrected chi connectivity index (χ2v) is 6.33. The van der Waals surface area contributed by atoms with Crippen LogP contribution in [0.4, 0.5) is 0 Å². The first kappa shape index (κ1) is 13.7. The summed E-state index contributed by atoms with van der Waals surface area (Å²) < 4.78 is 1.82. The Morgan fingerprint density at radius 1 is 1.48 bits per heavy atom. The molecule has 1 aliphatic rings. The van der Waals surface area contributed by atoms with E-state index in [0.717, 1.165) is 16.2 Å². The third-order valence-corrected chi connectivity index (χ3v) is 4.92. The molecule has 1 N–H and O–H groups in total. The molecule has 8 heteroatoms. The number of H-pyrrole nitrogens is 1. The minimum atomic E-state index is -0.370. The number of fused-ring (bicyclic) bond motifs is 2. The van der Waals surface area contributed by atoms with E-state index in [0.29, 0.717) is 24.4 Å². The van der Waals surface area contributed by atoms with Crippen LogP contribution in [-0.2, 0) is 13.0 Å². The van der Waals surface area contributed by atoms with E-state index in [-0.39, 0.29) is 17.0 Å². The summed E-state index contributed by atoms with van der Waals surface area (Å²) >= 11 is 1.35. The summed E-state index contributed by atoms with van der Waals surface area (Å²) in [5, 5.41) is 8.97. The molecule has 0 spiro atoms. The fraction of sp³-hybridized carbons (Fsp3) is 0.200. The highest BCUT2D eigenvalue weighted by Crippen LogP contribution is 2.22. The lowest BCUT2D eigenvalue weighted by Crippen LogP contribution is -2.37. The van der Waals surface area contributed by atoms with Gasteiger partial charge in [-0.25, -0.2) is 4.98 Å². The predicted molar refractivity (Wildman–Crippen MR) is 83.3 cm³/mol. The van der Waals surface area contributed by atoms with Crippen LogP contribution < -0.4 is 5.56 Å². The molecule has 0 aromatic carbocycles. The number of hydrogen-bond donors (Lipinski definition) is 1. The van der Waals surface area contributed by atoms with Crippen molar-refractivity contribution in [3.63, 3.8) is 0 Å². The van der Waals surface area contributed by atoms with Crippen LogP contribution in [0.3, 0.4) is 0 Å². The maximum Gasteiger partial charge on any atom is 0.266 e. The van der Waals surface area contributed by atoms with E-state index in [9.17, 15) is 9.59 Å². The van der Waals surface area contributed by atoms with E-state index in [1.54, 1.807) is 29.6 Å². The average molecular weight is 325 g/mol. The maximum atomic E-state index is 12.7. The molecule has 0 saturated carbocycles. The summed E-state index contributed by atoms with van der Waals surface area (Å²) in [4.78, 5) is 34.4. The minimum Gasteiger partial charge on any atom is -0.333 e. The zero-order valence-electron chi connectivity index (χ0n) is 11.9. The fourth-order valence-electron chi connectivity index (χ4n) is 2.75. The van der Waals surface area contributed by atoms with Crippen LogP contribution in [0.5, 0.6) is 0 Å². The Kier molecular flexibility index (Phi) is 3.02. The molecular formula is C15H11N5O2S. The Balaban J connectivity index is 1.64. The highest BCUT2D eigenvalue weighted by Gasteiger charge is 2.24. The minimum absolute atomic E-state index is 0.0594. The van der Waals surface area contributed by atoms with Gasteiger partial charge in [0.05, 0.1) is 0 Å². The van der Waals surface area contributed by atoms with Crippen molar-refractivity contribution >= 4 is 22.2 Å². The molecule has 0 aliphatic carbocycles. The summed E-state index contributed by atoms with van der Waals surface area (Å²) in [6.45, 7) is 0.924. The molecular weight excluding hydrogens is 314 g/mol. The number of amides is 1. The van der Waals surface area contributed by atoms with E-state index < -0.39 is 0 Å². The molecule has 0 bridgehead atoms. The molecule has 3 aromatic heterocycles. The van der Waals surface area contributed by atoms with Gasteiger partial charge in [0.1, 0.15) is 16.5 Å². The van der Waals surface area contributed by atoms with Crippen molar-refractivity contribution in [3.8, 4) is 6.07 Å². The van der Waals surface area contributed by atoms with Crippen molar-refractivity contribution < 1.29 is 4.79 Å². The number of aromatic nitrogens is 3. The number of carbonyl (C=O) groups is 1. The zero-order valence-corrected chi connectivity index (χ0v) is 12.8. The first-order valence-electron chi connectivity index (χ1n) is 7.02. The highest BCUT2D eigenvalue weighted by molar-refractivity contribution is 7.18. The number of rotatable bonds is 1. The first-order valence-corrected chi connectivity index (χ1v) is 7.84. The van der Waals surface area contributed by atoms with Gasteiger partial charge in [0, 0.05) is 43.8 Å². The summed E-state index contributed by atoms with van der Waals surface area (Å²) in [6.07, 6.45) is 5.85. The molecule has 1 amide bonds. The first-order chi connectivity index (χ1) is 11.2. The third kappa shape index (κ3) is 2.22. The van der Waals surface area contributed by atoms with Crippen LogP contribution >= 0.6 is 11.3 Å². The van der Waals surface area contributed by atoms with E-state index in [1.807, 2.05) is 10.5 Å². The molecule has 0 radical (unpaired) electrons. The van der Waals surface area contributed by atoms with Crippen LogP contribution in [0, 0.1) is 11.3 Å². The fourth-order valence-corrected chi connectivity index (χ4v) is 3.66. The summed E-state index contributed by atoms with van der Waals surface area (Å²) in [6, 6.07) is 3.46. The molecule has 4 heterocycles. The normalized spacial score (nSPS) is 13.8. The average Bonchev–Trinajstić information content (AvgIpc) is 3.14. The van der Waals surface area contributed by atoms with Crippen molar-refractivity contribution in [1.29, 1.82) is 5.26 Å². The van der Waals surface area contributed by atoms with Crippen LogP contribution in [0.15, 0.2) is 29.5 Å². The van der Waals surface area contributed by atoms with Crippen LogP contribution in [0.2, 0.25) is 0 Å². The molecule has 3 aromatic rings. The van der Waals surface area contributed by atoms with Crippen molar-refractivity contribution in [3.05, 3.63) is 56.7 Å². The van der Waals surface area contributed by atoms with Crippen molar-refractivity contribution in [2.24, 2.45) is 0 Å². The summed E-state index contributed by atoms with van der Waals surface area (Å²) in [5.41, 5.74) is 1.33. The molecule has 114 valence electrons. The quantitative estimate of drug-likeness (QED) is 0.726. The SMILES string of the molecule is N#Cc1cc2c([nH]c1=O)CCN(C(=O)c1cn3ccnc3s1)C2. The van der Waals surface area contributed by atoms with E-state index in [1.165, 1.54) is 11.3 Å². The number of nitrogens with one attached hydrogen (secondary N) is 1. The lowest BCUT2D eigenvalue weighted by Gasteiger charge is -2.28. The van der Waals surface area contributed by atoms with Crippen LogP contribution in [0.25, 0.3) is 4.96 Å². The Morgan fingerprint density at radius 3 is 3.13 bits per heavy atom. The summed E-state index contributed by atoms with van der Waals surface area (Å²) in [5.74, 6) is -0.0594. The molecule has 4 rings (SSSR count). The molecule has 1 aliphatic heterocycles. The number of pyridine rings is 1.